The van der Waals surface area contributed by atoms with Crippen LogP contribution in [0, 0.1) is 40.9 Å². The maximum atomic E-state index is 13.1. The van der Waals surface area contributed by atoms with Gasteiger partial charge in [-0.3, -0.25) is 4.79 Å². The van der Waals surface area contributed by atoms with E-state index in [1.165, 1.54) is 38.5 Å². The minimum atomic E-state index is -0.441. The maximum Gasteiger partial charge on any atom is 0.157 e. The molecule has 0 aromatic carbocycles. The van der Waals surface area contributed by atoms with Gasteiger partial charge in [0.15, 0.2) is 5.78 Å². The lowest BCUT2D eigenvalue weighted by molar-refractivity contribution is -0.133. The first-order chi connectivity index (χ1) is 13.4. The third kappa shape index (κ3) is 2.96. The minimum absolute atomic E-state index is 0.172. The number of ketones is 1. The second-order valence-electron chi connectivity index (χ2n) is 10.9. The van der Waals surface area contributed by atoms with Crippen LogP contribution >= 0.6 is 0 Å². The van der Waals surface area contributed by atoms with Crippen molar-refractivity contribution >= 4 is 5.78 Å². The number of aromatic nitrogens is 3. The number of carbonyl (C=O) groups excluding carboxylic acids is 1. The number of Topliss-reactive ketones (excluding diaryl/α,β-unsaturated/α-hetero) is 1. The smallest absolute Gasteiger partial charge is 0.157 e. The molecule has 4 saturated carbocycles. The second kappa shape index (κ2) is 6.65. The van der Waals surface area contributed by atoms with Crippen molar-refractivity contribution in [3.05, 3.63) is 12.4 Å². The zero-order chi connectivity index (χ0) is 19.5. The highest BCUT2D eigenvalue weighted by atomic mass is 16.3. The highest BCUT2D eigenvalue weighted by Gasteiger charge is 2.58. The Bertz CT molecular complexity index is 730. The SMILES string of the molecule is C[C@@]1(O)CC[C@@H]2C3CC[C@@]4(C)C(CC[C@@H]4C(=O)Cn4ccnn4)C3CC[C@@H]2C1. The average molecular weight is 386 g/mol. The van der Waals surface area contributed by atoms with Gasteiger partial charge in [-0.1, -0.05) is 12.1 Å². The number of fused-ring (bicyclic) bond motifs is 5. The van der Waals surface area contributed by atoms with E-state index in [1.54, 1.807) is 17.1 Å². The monoisotopic (exact) mass is 385 g/mol. The summed E-state index contributed by atoms with van der Waals surface area (Å²) in [4.78, 5) is 13.1. The van der Waals surface area contributed by atoms with E-state index in [9.17, 15) is 9.90 Å². The van der Waals surface area contributed by atoms with Crippen molar-refractivity contribution in [2.24, 2.45) is 40.9 Å². The van der Waals surface area contributed by atoms with Crippen molar-refractivity contribution in [3.8, 4) is 0 Å². The Labute approximate surface area is 168 Å². The van der Waals surface area contributed by atoms with Crippen molar-refractivity contribution in [2.45, 2.75) is 83.8 Å². The van der Waals surface area contributed by atoms with Gasteiger partial charge in [-0.2, -0.15) is 0 Å². The summed E-state index contributed by atoms with van der Waals surface area (Å²) in [5, 5.41) is 18.4. The normalized spacial score (nSPS) is 47.8. The predicted molar refractivity (Wildman–Crippen MR) is 106 cm³/mol. The van der Waals surface area contributed by atoms with Gasteiger partial charge in [0.1, 0.15) is 6.54 Å². The molecule has 4 aliphatic carbocycles. The molecule has 1 N–H and O–H groups in total. The van der Waals surface area contributed by atoms with Crippen molar-refractivity contribution < 1.29 is 9.90 Å². The Hall–Kier alpha value is -1.23. The first-order valence-corrected chi connectivity index (χ1v) is 11.5. The van der Waals surface area contributed by atoms with Crippen LogP contribution in [0.1, 0.15) is 71.6 Å². The highest BCUT2D eigenvalue weighted by molar-refractivity contribution is 5.82. The zero-order valence-electron chi connectivity index (χ0n) is 17.4. The molecule has 5 nitrogen and oxygen atoms in total. The lowest BCUT2D eigenvalue weighted by Gasteiger charge is -2.56. The third-order valence-electron chi connectivity index (χ3n) is 9.42. The predicted octanol–water partition coefficient (Wildman–Crippen LogP) is 3.87. The molecule has 8 atom stereocenters. The van der Waals surface area contributed by atoms with E-state index in [2.05, 4.69) is 17.2 Å². The fourth-order valence-corrected chi connectivity index (χ4v) is 8.20. The number of hydrogen-bond acceptors (Lipinski definition) is 4. The van der Waals surface area contributed by atoms with E-state index >= 15 is 0 Å². The molecule has 1 aromatic heterocycles. The molecule has 1 aromatic rings. The van der Waals surface area contributed by atoms with Crippen LogP contribution in [0.15, 0.2) is 12.4 Å². The van der Waals surface area contributed by atoms with Gasteiger partial charge in [0.25, 0.3) is 0 Å². The van der Waals surface area contributed by atoms with Gasteiger partial charge in [0.05, 0.1) is 11.8 Å². The number of hydrogen-bond donors (Lipinski definition) is 1. The van der Waals surface area contributed by atoms with Crippen molar-refractivity contribution in [1.82, 2.24) is 15.0 Å². The van der Waals surface area contributed by atoms with Crippen LogP contribution in [0.5, 0.6) is 0 Å². The molecule has 154 valence electrons. The molecule has 5 heteroatoms. The Morgan fingerprint density at radius 1 is 1.07 bits per heavy atom. The molecule has 4 aliphatic rings. The molecule has 28 heavy (non-hydrogen) atoms. The minimum Gasteiger partial charge on any atom is -0.390 e. The molecule has 1 heterocycles. The Balaban J connectivity index is 1.32. The van der Waals surface area contributed by atoms with Gasteiger partial charge in [0, 0.05) is 12.1 Å². The molecular weight excluding hydrogens is 350 g/mol. The zero-order valence-corrected chi connectivity index (χ0v) is 17.4. The summed E-state index contributed by atoms with van der Waals surface area (Å²) in [7, 11) is 0. The first-order valence-electron chi connectivity index (χ1n) is 11.5. The topological polar surface area (TPSA) is 68.0 Å². The summed E-state index contributed by atoms with van der Waals surface area (Å²) in [6.45, 7) is 4.83. The van der Waals surface area contributed by atoms with E-state index in [4.69, 9.17) is 0 Å². The van der Waals surface area contributed by atoms with Crippen LogP contribution in [-0.2, 0) is 11.3 Å². The summed E-state index contributed by atoms with van der Waals surface area (Å²) in [6, 6.07) is 0. The molecule has 4 fully saturated rings. The lowest BCUT2D eigenvalue weighted by atomic mass is 9.49. The quantitative estimate of drug-likeness (QED) is 0.858. The molecule has 0 saturated heterocycles. The van der Waals surface area contributed by atoms with Crippen molar-refractivity contribution in [3.63, 3.8) is 0 Å². The number of nitrogens with zero attached hydrogens (tertiary/aromatic N) is 3. The molecule has 5 rings (SSSR count). The molecular formula is C23H35N3O2. The highest BCUT2D eigenvalue weighted by Crippen LogP contribution is 2.64. The van der Waals surface area contributed by atoms with Gasteiger partial charge in [-0.15, -0.1) is 5.10 Å². The van der Waals surface area contributed by atoms with Crippen LogP contribution in [0.4, 0.5) is 0 Å². The standard InChI is InChI=1S/C23H35N3O2/c1-22(28)9-7-16-15(13-22)3-4-18-17(16)8-10-23(2)19(18)5-6-20(23)21(27)14-26-12-11-24-25-26/h11-12,15-20,28H,3-10,13-14H2,1-2H3/t15-,16+,17?,18?,19?,20-,22-,23+/m1/s1. The van der Waals surface area contributed by atoms with Gasteiger partial charge in [-0.05, 0) is 99.7 Å². The van der Waals surface area contributed by atoms with Crippen LogP contribution in [-0.4, -0.2) is 31.5 Å². The number of rotatable bonds is 3. The largest absolute Gasteiger partial charge is 0.390 e. The molecule has 3 unspecified atom stereocenters. The summed E-state index contributed by atoms with van der Waals surface area (Å²) < 4.78 is 1.68. The Morgan fingerprint density at radius 2 is 1.89 bits per heavy atom. The number of aliphatic hydroxyl groups is 1. The first kappa shape index (κ1) is 18.8. The van der Waals surface area contributed by atoms with Gasteiger partial charge in [-0.25, -0.2) is 4.68 Å². The van der Waals surface area contributed by atoms with Crippen molar-refractivity contribution in [2.75, 3.05) is 0 Å². The average Bonchev–Trinajstić information content (AvgIpc) is 3.27. The number of carbonyl (C=O) groups is 1. The van der Waals surface area contributed by atoms with E-state index < -0.39 is 5.60 Å². The fraction of sp³-hybridized carbons (Fsp3) is 0.870. The van der Waals surface area contributed by atoms with Crippen LogP contribution < -0.4 is 0 Å². The lowest BCUT2D eigenvalue weighted by Crippen LogP contribution is -2.51. The van der Waals surface area contributed by atoms with Gasteiger partial charge < -0.3 is 5.11 Å². The third-order valence-corrected chi connectivity index (χ3v) is 9.42. The second-order valence-corrected chi connectivity index (χ2v) is 10.9. The van der Waals surface area contributed by atoms with E-state index in [0.717, 1.165) is 42.9 Å². The molecule has 0 spiro atoms. The van der Waals surface area contributed by atoms with E-state index in [1.807, 2.05) is 6.92 Å². The fourth-order valence-electron chi connectivity index (χ4n) is 8.20. The molecule has 0 radical (unpaired) electrons. The van der Waals surface area contributed by atoms with Crippen molar-refractivity contribution in [1.29, 1.82) is 0 Å². The molecule has 0 amide bonds. The molecule has 0 bridgehead atoms. The van der Waals surface area contributed by atoms with E-state index in [0.29, 0.717) is 18.2 Å². The van der Waals surface area contributed by atoms with E-state index in [-0.39, 0.29) is 11.3 Å². The summed E-state index contributed by atoms with van der Waals surface area (Å²) in [5.41, 5.74) is -0.269. The van der Waals surface area contributed by atoms with Crippen LogP contribution in [0.2, 0.25) is 0 Å². The Kier molecular flexibility index (Phi) is 4.46. The Morgan fingerprint density at radius 3 is 2.68 bits per heavy atom. The molecule has 0 aliphatic heterocycles. The maximum absolute atomic E-state index is 13.1. The van der Waals surface area contributed by atoms with Gasteiger partial charge >= 0.3 is 0 Å². The van der Waals surface area contributed by atoms with Crippen LogP contribution in [0.25, 0.3) is 0 Å². The summed E-state index contributed by atoms with van der Waals surface area (Å²) in [5.74, 6) is 4.42. The summed E-state index contributed by atoms with van der Waals surface area (Å²) >= 11 is 0. The van der Waals surface area contributed by atoms with Crippen LogP contribution in [0.3, 0.4) is 0 Å². The summed E-state index contributed by atoms with van der Waals surface area (Å²) in [6.07, 6.45) is 14.0. The van der Waals surface area contributed by atoms with Gasteiger partial charge in [0.2, 0.25) is 0 Å².